The summed E-state index contributed by atoms with van der Waals surface area (Å²) < 4.78 is 46.8. The van der Waals surface area contributed by atoms with Crippen LogP contribution >= 0.6 is 12.4 Å². The number of nitrogens with one attached hydrogen (secondary N) is 2. The van der Waals surface area contributed by atoms with Crippen molar-refractivity contribution in [1.82, 2.24) is 10.6 Å². The zero-order valence-corrected chi connectivity index (χ0v) is 16.3. The van der Waals surface area contributed by atoms with Gasteiger partial charge in [-0.2, -0.15) is 0 Å². The number of hydrogen-bond donors (Lipinski definition) is 2. The van der Waals surface area contributed by atoms with E-state index in [9.17, 15) is 13.2 Å². The van der Waals surface area contributed by atoms with E-state index < -0.39 is 6.36 Å². The molecule has 1 fully saturated rings. The maximum Gasteiger partial charge on any atom is 0.573 e. The van der Waals surface area contributed by atoms with Gasteiger partial charge in [0.15, 0.2) is 0 Å². The van der Waals surface area contributed by atoms with Gasteiger partial charge in [0.1, 0.15) is 11.5 Å². The lowest BCUT2D eigenvalue weighted by Crippen LogP contribution is -2.45. The highest BCUT2D eigenvalue weighted by Gasteiger charge is 2.31. The Kier molecular flexibility index (Phi) is 7.98. The zero-order chi connectivity index (χ0) is 19.3. The van der Waals surface area contributed by atoms with Gasteiger partial charge in [-0.1, -0.05) is 30.3 Å². The molecule has 8 heteroatoms. The molecular weight excluding hydrogens is 393 g/mol. The minimum atomic E-state index is -4.72. The Morgan fingerprint density at radius 2 is 1.89 bits per heavy atom. The van der Waals surface area contributed by atoms with Crippen molar-refractivity contribution in [3.05, 3.63) is 59.7 Å². The number of piperidine rings is 1. The van der Waals surface area contributed by atoms with Crippen LogP contribution in [0.15, 0.2) is 48.5 Å². The summed E-state index contributed by atoms with van der Waals surface area (Å²) in [5.41, 5.74) is 1.81. The average molecular weight is 417 g/mol. The van der Waals surface area contributed by atoms with Crippen molar-refractivity contribution in [1.29, 1.82) is 0 Å². The number of alkyl halides is 3. The van der Waals surface area contributed by atoms with Crippen LogP contribution in [0.5, 0.6) is 11.5 Å². The molecule has 2 N–H and O–H groups in total. The second kappa shape index (κ2) is 10.0. The highest BCUT2D eigenvalue weighted by atomic mass is 35.5. The van der Waals surface area contributed by atoms with Gasteiger partial charge in [-0.15, -0.1) is 25.6 Å². The van der Waals surface area contributed by atoms with Crippen LogP contribution in [0.1, 0.15) is 30.0 Å². The zero-order valence-electron chi connectivity index (χ0n) is 15.5. The molecule has 154 valence electrons. The van der Waals surface area contributed by atoms with E-state index in [1.54, 1.807) is 0 Å². The lowest BCUT2D eigenvalue weighted by atomic mass is 9.92. The molecule has 0 saturated carbocycles. The number of rotatable bonds is 6. The molecule has 1 saturated heterocycles. The maximum absolute atomic E-state index is 12.5. The van der Waals surface area contributed by atoms with Crippen molar-refractivity contribution in [3.8, 4) is 11.5 Å². The van der Waals surface area contributed by atoms with E-state index in [2.05, 4.69) is 27.5 Å². The molecule has 2 aromatic rings. The van der Waals surface area contributed by atoms with Gasteiger partial charge in [0, 0.05) is 24.2 Å². The Hall–Kier alpha value is -1.96. The first-order valence-electron chi connectivity index (χ1n) is 8.90. The van der Waals surface area contributed by atoms with E-state index in [0.29, 0.717) is 17.9 Å². The molecule has 28 heavy (non-hydrogen) atoms. The predicted octanol–water partition coefficient (Wildman–Crippen LogP) is 4.60. The molecule has 3 rings (SSSR count). The summed E-state index contributed by atoms with van der Waals surface area (Å²) in [4.78, 5) is 0. The van der Waals surface area contributed by atoms with Crippen LogP contribution in [0.3, 0.4) is 0 Å². The summed E-state index contributed by atoms with van der Waals surface area (Å²) in [6.07, 6.45) is -2.70. The van der Waals surface area contributed by atoms with Crippen molar-refractivity contribution in [2.75, 3.05) is 13.7 Å². The first-order chi connectivity index (χ1) is 13.0. The predicted molar refractivity (Wildman–Crippen MR) is 104 cm³/mol. The third kappa shape index (κ3) is 6.02. The van der Waals surface area contributed by atoms with Crippen molar-refractivity contribution >= 4 is 12.4 Å². The standard InChI is InChI=1S/C20H23F3N2O2.ClH/c1-26-18-10-9-16(27-20(21,22)23)12-15(18)13-25-17-8-5-11-24-19(17)14-6-3-2-4-7-14;/h2-4,6-7,9-10,12,17,19,24-25H,5,8,11,13H2,1H3;1H/t17-,19-;/m0./s1. The maximum atomic E-state index is 12.5. The second-order valence-corrected chi connectivity index (χ2v) is 6.49. The molecule has 1 heterocycles. The Bertz CT molecular complexity index is 744. The largest absolute Gasteiger partial charge is 0.573 e. The quantitative estimate of drug-likeness (QED) is 0.722. The molecule has 0 aromatic heterocycles. The van der Waals surface area contributed by atoms with Gasteiger partial charge in [-0.25, -0.2) is 0 Å². The summed E-state index contributed by atoms with van der Waals surface area (Å²) >= 11 is 0. The van der Waals surface area contributed by atoms with Crippen LogP contribution < -0.4 is 20.1 Å². The molecule has 0 amide bonds. The van der Waals surface area contributed by atoms with Crippen molar-refractivity contribution in [3.63, 3.8) is 0 Å². The van der Waals surface area contributed by atoms with Crippen molar-refractivity contribution in [2.45, 2.75) is 37.8 Å². The Balaban J connectivity index is 0.00000280. The summed E-state index contributed by atoms with van der Waals surface area (Å²) in [7, 11) is 1.50. The molecule has 0 spiro atoms. The van der Waals surface area contributed by atoms with E-state index in [0.717, 1.165) is 19.4 Å². The second-order valence-electron chi connectivity index (χ2n) is 6.49. The van der Waals surface area contributed by atoms with Crippen LogP contribution in [0.4, 0.5) is 13.2 Å². The molecule has 0 radical (unpaired) electrons. The van der Waals surface area contributed by atoms with Crippen LogP contribution in [0.2, 0.25) is 0 Å². The fourth-order valence-electron chi connectivity index (χ4n) is 3.45. The minimum absolute atomic E-state index is 0. The first kappa shape index (κ1) is 22.3. The van der Waals surface area contributed by atoms with Crippen LogP contribution in [-0.4, -0.2) is 26.1 Å². The van der Waals surface area contributed by atoms with Crippen molar-refractivity contribution < 1.29 is 22.6 Å². The van der Waals surface area contributed by atoms with E-state index in [-0.39, 0.29) is 30.2 Å². The third-order valence-corrected chi connectivity index (χ3v) is 4.66. The van der Waals surface area contributed by atoms with Gasteiger partial charge in [0.05, 0.1) is 7.11 Å². The summed E-state index contributed by atoms with van der Waals surface area (Å²) in [6.45, 7) is 1.32. The normalized spacial score (nSPS) is 19.6. The number of ether oxygens (including phenoxy) is 2. The smallest absolute Gasteiger partial charge is 0.496 e. The fraction of sp³-hybridized carbons (Fsp3) is 0.400. The molecule has 4 nitrogen and oxygen atoms in total. The van der Waals surface area contributed by atoms with Gasteiger partial charge < -0.3 is 20.1 Å². The van der Waals surface area contributed by atoms with Gasteiger partial charge in [0.2, 0.25) is 0 Å². The average Bonchev–Trinajstić information content (AvgIpc) is 2.66. The number of methoxy groups -OCH3 is 1. The van der Waals surface area contributed by atoms with E-state index in [1.807, 2.05) is 18.2 Å². The summed E-state index contributed by atoms with van der Waals surface area (Å²) in [6, 6.07) is 14.6. The molecule has 0 aliphatic carbocycles. The SMILES string of the molecule is COc1ccc(OC(F)(F)F)cc1CN[C@H]1CCCN[C@H]1c1ccccc1.Cl. The summed E-state index contributed by atoms with van der Waals surface area (Å²) in [5, 5.41) is 7.00. The van der Waals surface area contributed by atoms with Crippen LogP contribution in [-0.2, 0) is 6.54 Å². The van der Waals surface area contributed by atoms with Crippen LogP contribution in [0.25, 0.3) is 0 Å². The highest BCUT2D eigenvalue weighted by molar-refractivity contribution is 5.85. The molecule has 0 bridgehead atoms. The molecule has 2 aromatic carbocycles. The fourth-order valence-corrected chi connectivity index (χ4v) is 3.45. The summed E-state index contributed by atoms with van der Waals surface area (Å²) in [5.74, 6) is 0.276. The van der Waals surface area contributed by atoms with Gasteiger partial charge >= 0.3 is 6.36 Å². The van der Waals surface area contributed by atoms with Gasteiger partial charge in [0.25, 0.3) is 0 Å². The Morgan fingerprint density at radius 1 is 1.14 bits per heavy atom. The molecular formula is C20H24ClF3N2O2. The lowest BCUT2D eigenvalue weighted by Gasteiger charge is -2.34. The van der Waals surface area contributed by atoms with E-state index in [4.69, 9.17) is 4.74 Å². The first-order valence-corrected chi connectivity index (χ1v) is 8.90. The molecule has 1 aliphatic rings. The van der Waals surface area contributed by atoms with Crippen LogP contribution in [0, 0.1) is 0 Å². The van der Waals surface area contributed by atoms with E-state index >= 15 is 0 Å². The minimum Gasteiger partial charge on any atom is -0.496 e. The monoisotopic (exact) mass is 416 g/mol. The number of benzene rings is 2. The highest BCUT2D eigenvalue weighted by Crippen LogP contribution is 2.29. The lowest BCUT2D eigenvalue weighted by molar-refractivity contribution is -0.274. The van der Waals surface area contributed by atoms with Gasteiger partial charge in [-0.3, -0.25) is 0 Å². The molecule has 1 aliphatic heterocycles. The topological polar surface area (TPSA) is 42.5 Å². The third-order valence-electron chi connectivity index (χ3n) is 4.66. The molecule has 0 unspecified atom stereocenters. The van der Waals surface area contributed by atoms with Gasteiger partial charge in [-0.05, 0) is 43.1 Å². The molecule has 2 atom stereocenters. The Morgan fingerprint density at radius 3 is 2.57 bits per heavy atom. The Labute approximate surface area is 168 Å². The van der Waals surface area contributed by atoms with E-state index in [1.165, 1.54) is 30.9 Å². The number of halogens is 4. The number of hydrogen-bond acceptors (Lipinski definition) is 4. The van der Waals surface area contributed by atoms with Crippen molar-refractivity contribution in [2.24, 2.45) is 0 Å².